The van der Waals surface area contributed by atoms with Crippen LogP contribution in [0.15, 0.2) is 0 Å². The number of hydrogen-bond donors (Lipinski definition) is 2. The van der Waals surface area contributed by atoms with Crippen LogP contribution in [0.1, 0.15) is 6.92 Å². The van der Waals surface area contributed by atoms with Gasteiger partial charge in [-0.25, -0.2) is 13.1 Å². The van der Waals surface area contributed by atoms with Gasteiger partial charge in [0, 0.05) is 12.4 Å². The molecule has 0 aromatic heterocycles. The average Bonchev–Trinajstić information content (AvgIpc) is 2.16. The third-order valence-electron chi connectivity index (χ3n) is 1.57. The van der Waals surface area contributed by atoms with E-state index in [9.17, 15) is 8.42 Å². The minimum absolute atomic E-state index is 0.0243. The van der Waals surface area contributed by atoms with Gasteiger partial charge in [0.15, 0.2) is 0 Å². The second-order valence-corrected chi connectivity index (χ2v) is 5.43. The van der Waals surface area contributed by atoms with Gasteiger partial charge in [-0.1, -0.05) is 6.92 Å². The Kier molecular flexibility index (Phi) is 8.36. The van der Waals surface area contributed by atoms with Crippen molar-refractivity contribution in [1.82, 2.24) is 4.72 Å². The number of hydrogen-bond acceptors (Lipinski definition) is 4. The third-order valence-corrected chi connectivity index (χ3v) is 3.75. The molecule has 0 aliphatic heterocycles. The average molecular weight is 260 g/mol. The molecule has 0 fully saturated rings. The molecule has 7 heteroatoms. The molecule has 5 nitrogen and oxygen atoms in total. The highest BCUT2D eigenvalue weighted by Gasteiger charge is 2.13. The molecule has 0 radical (unpaired) electrons. The van der Waals surface area contributed by atoms with E-state index in [1.165, 1.54) is 0 Å². The lowest BCUT2D eigenvalue weighted by atomic mass is 10.3. The summed E-state index contributed by atoms with van der Waals surface area (Å²) in [5.74, 6) is 0.279. The van der Waals surface area contributed by atoms with Crippen molar-refractivity contribution in [3.05, 3.63) is 0 Å². The predicted molar refractivity (Wildman–Crippen MR) is 59.6 cm³/mol. The Morgan fingerprint density at radius 3 is 2.67 bits per heavy atom. The molecule has 0 spiro atoms. The van der Waals surface area contributed by atoms with Gasteiger partial charge in [0.05, 0.1) is 25.6 Å². The normalized spacial score (nSPS) is 14.1. The lowest BCUT2D eigenvalue weighted by Gasteiger charge is -2.09. The fourth-order valence-corrected chi connectivity index (χ4v) is 2.53. The summed E-state index contributed by atoms with van der Waals surface area (Å²) in [6.07, 6.45) is 0. The predicted octanol–water partition coefficient (Wildman–Crippen LogP) is -0.210. The molecule has 0 saturated carbocycles. The van der Waals surface area contributed by atoms with Crippen molar-refractivity contribution in [1.29, 1.82) is 0 Å². The number of ether oxygens (including phenoxy) is 1. The van der Waals surface area contributed by atoms with Crippen LogP contribution in [0.2, 0.25) is 0 Å². The van der Waals surface area contributed by atoms with Crippen LogP contribution in [-0.2, 0) is 14.8 Å². The van der Waals surface area contributed by atoms with Crippen molar-refractivity contribution < 1.29 is 18.3 Å². The van der Waals surface area contributed by atoms with Crippen LogP contribution in [0.3, 0.4) is 0 Å². The number of sulfonamides is 1. The molecule has 0 aliphatic rings. The third kappa shape index (κ3) is 9.07. The molecule has 0 heterocycles. The van der Waals surface area contributed by atoms with Crippen molar-refractivity contribution in [3.63, 3.8) is 0 Å². The van der Waals surface area contributed by atoms with E-state index >= 15 is 0 Å². The molecular formula is C8H18ClNO4S. The van der Waals surface area contributed by atoms with Gasteiger partial charge in [-0.3, -0.25) is 0 Å². The summed E-state index contributed by atoms with van der Waals surface area (Å²) >= 11 is 5.52. The topological polar surface area (TPSA) is 75.6 Å². The Bertz CT molecular complexity index is 245. The number of nitrogens with one attached hydrogen (secondary N) is 1. The summed E-state index contributed by atoms with van der Waals surface area (Å²) in [6.45, 7) is 2.41. The SMILES string of the molecule is CC(CCl)CS(=O)(=O)NCCOCCO. The van der Waals surface area contributed by atoms with Gasteiger partial charge in [0.1, 0.15) is 0 Å². The first-order valence-corrected chi connectivity index (χ1v) is 6.92. The standard InChI is InChI=1S/C8H18ClNO4S/c1-8(6-9)7-15(12,13)10-2-4-14-5-3-11/h8,10-11H,2-7H2,1H3. The molecule has 0 aromatic carbocycles. The highest BCUT2D eigenvalue weighted by molar-refractivity contribution is 7.89. The molecule has 0 amide bonds. The highest BCUT2D eigenvalue weighted by atomic mass is 35.5. The van der Waals surface area contributed by atoms with E-state index in [1.54, 1.807) is 6.92 Å². The Balaban J connectivity index is 3.65. The maximum absolute atomic E-state index is 11.4. The summed E-state index contributed by atoms with van der Waals surface area (Å²) in [5.41, 5.74) is 0. The lowest BCUT2D eigenvalue weighted by Crippen LogP contribution is -2.32. The summed E-state index contributed by atoms with van der Waals surface area (Å²) in [6, 6.07) is 0. The van der Waals surface area contributed by atoms with Crippen LogP contribution in [-0.4, -0.2) is 51.5 Å². The smallest absolute Gasteiger partial charge is 0.211 e. The van der Waals surface area contributed by atoms with Crippen LogP contribution in [0, 0.1) is 5.92 Å². The molecule has 0 aromatic rings. The molecule has 0 aliphatic carbocycles. The van der Waals surface area contributed by atoms with Gasteiger partial charge in [-0.2, -0.15) is 0 Å². The van der Waals surface area contributed by atoms with E-state index in [1.807, 2.05) is 0 Å². The molecule has 92 valence electrons. The largest absolute Gasteiger partial charge is 0.394 e. The van der Waals surface area contributed by atoms with Crippen LogP contribution < -0.4 is 4.72 Å². The van der Waals surface area contributed by atoms with E-state index < -0.39 is 10.0 Å². The van der Waals surface area contributed by atoms with E-state index in [2.05, 4.69) is 4.72 Å². The lowest BCUT2D eigenvalue weighted by molar-refractivity contribution is 0.0961. The maximum Gasteiger partial charge on any atom is 0.211 e. The van der Waals surface area contributed by atoms with Crippen LogP contribution in [0.4, 0.5) is 0 Å². The number of halogens is 1. The van der Waals surface area contributed by atoms with Crippen molar-refractivity contribution >= 4 is 21.6 Å². The number of aliphatic hydroxyl groups is 1. The Morgan fingerprint density at radius 2 is 2.13 bits per heavy atom. The first-order valence-electron chi connectivity index (χ1n) is 4.73. The second-order valence-electron chi connectivity index (χ2n) is 3.27. The number of aliphatic hydroxyl groups excluding tert-OH is 1. The molecule has 0 rings (SSSR count). The summed E-state index contributed by atoms with van der Waals surface area (Å²) in [7, 11) is -3.26. The molecule has 0 saturated heterocycles. The fraction of sp³-hybridized carbons (Fsp3) is 1.00. The molecule has 15 heavy (non-hydrogen) atoms. The maximum atomic E-state index is 11.4. The quantitative estimate of drug-likeness (QED) is 0.444. The zero-order valence-electron chi connectivity index (χ0n) is 8.78. The van der Waals surface area contributed by atoms with E-state index in [-0.39, 0.29) is 38.0 Å². The zero-order valence-corrected chi connectivity index (χ0v) is 10.4. The zero-order chi connectivity index (χ0) is 11.7. The second kappa shape index (κ2) is 8.29. The van der Waals surface area contributed by atoms with E-state index in [0.717, 1.165) is 0 Å². The van der Waals surface area contributed by atoms with Gasteiger partial charge in [0.25, 0.3) is 0 Å². The first kappa shape index (κ1) is 15.1. The highest BCUT2D eigenvalue weighted by Crippen LogP contribution is 2.01. The number of rotatable bonds is 9. The Hall–Kier alpha value is 0.120. The molecule has 2 N–H and O–H groups in total. The monoisotopic (exact) mass is 259 g/mol. The molecule has 0 bridgehead atoms. The Morgan fingerprint density at radius 1 is 1.47 bits per heavy atom. The van der Waals surface area contributed by atoms with Gasteiger partial charge >= 0.3 is 0 Å². The van der Waals surface area contributed by atoms with Crippen LogP contribution >= 0.6 is 11.6 Å². The van der Waals surface area contributed by atoms with E-state index in [4.69, 9.17) is 21.4 Å². The molecule has 1 atom stereocenters. The summed E-state index contributed by atoms with van der Waals surface area (Å²) in [4.78, 5) is 0. The first-order chi connectivity index (χ1) is 7.02. The van der Waals surface area contributed by atoms with E-state index in [0.29, 0.717) is 5.88 Å². The van der Waals surface area contributed by atoms with Crippen LogP contribution in [0.25, 0.3) is 0 Å². The van der Waals surface area contributed by atoms with Crippen molar-refractivity contribution in [2.24, 2.45) is 5.92 Å². The molecular weight excluding hydrogens is 242 g/mol. The van der Waals surface area contributed by atoms with Gasteiger partial charge in [-0.05, 0) is 5.92 Å². The summed E-state index contributed by atoms with van der Waals surface area (Å²) in [5, 5.41) is 8.40. The van der Waals surface area contributed by atoms with Crippen molar-refractivity contribution in [2.45, 2.75) is 6.92 Å². The minimum Gasteiger partial charge on any atom is -0.394 e. The van der Waals surface area contributed by atoms with Gasteiger partial charge < -0.3 is 9.84 Å². The van der Waals surface area contributed by atoms with Crippen molar-refractivity contribution in [2.75, 3.05) is 38.0 Å². The Labute approximate surface area is 95.8 Å². The van der Waals surface area contributed by atoms with Crippen LogP contribution in [0.5, 0.6) is 0 Å². The van der Waals surface area contributed by atoms with Gasteiger partial charge in [-0.15, -0.1) is 11.6 Å². The summed E-state index contributed by atoms with van der Waals surface area (Å²) < 4.78 is 30.0. The van der Waals surface area contributed by atoms with Crippen molar-refractivity contribution in [3.8, 4) is 0 Å². The molecule has 1 unspecified atom stereocenters. The minimum atomic E-state index is -3.26. The number of alkyl halides is 1. The van der Waals surface area contributed by atoms with Gasteiger partial charge in [0.2, 0.25) is 10.0 Å². The fourth-order valence-electron chi connectivity index (χ4n) is 0.914.